The maximum atomic E-state index is 13.5. The number of nitrogens with zero attached hydrogens (tertiary/aromatic N) is 1. The third-order valence-corrected chi connectivity index (χ3v) is 3.39. The Hall–Kier alpha value is -2.36. The molecule has 0 bridgehead atoms. The third kappa shape index (κ3) is 3.81. The Morgan fingerprint density at radius 1 is 1.19 bits per heavy atom. The summed E-state index contributed by atoms with van der Waals surface area (Å²) in [4.78, 5) is 13.0. The van der Waals surface area contributed by atoms with Gasteiger partial charge in [-0.2, -0.15) is 0 Å². The van der Waals surface area contributed by atoms with E-state index in [0.717, 1.165) is 11.3 Å². The van der Waals surface area contributed by atoms with E-state index in [9.17, 15) is 14.3 Å². The van der Waals surface area contributed by atoms with Gasteiger partial charge < -0.3 is 10.0 Å². The zero-order valence-corrected chi connectivity index (χ0v) is 11.9. The molecule has 0 aliphatic heterocycles. The van der Waals surface area contributed by atoms with Crippen LogP contribution in [0.1, 0.15) is 24.9 Å². The summed E-state index contributed by atoms with van der Waals surface area (Å²) in [5.74, 6) is -1.22. The Kier molecular flexibility index (Phi) is 4.93. The first-order chi connectivity index (χ1) is 10.1. The van der Waals surface area contributed by atoms with Crippen molar-refractivity contribution in [2.24, 2.45) is 0 Å². The van der Waals surface area contributed by atoms with Crippen LogP contribution in [0.15, 0.2) is 54.6 Å². The second-order valence-electron chi connectivity index (χ2n) is 4.84. The predicted octanol–water partition coefficient (Wildman–Crippen LogP) is 3.87. The van der Waals surface area contributed by atoms with Gasteiger partial charge in [-0.25, -0.2) is 4.39 Å². The zero-order valence-electron chi connectivity index (χ0n) is 11.9. The molecule has 4 heteroatoms. The maximum absolute atomic E-state index is 13.5. The van der Waals surface area contributed by atoms with E-state index in [0.29, 0.717) is 6.42 Å². The summed E-state index contributed by atoms with van der Waals surface area (Å²) < 4.78 is 13.5. The highest BCUT2D eigenvalue weighted by atomic mass is 19.1. The maximum Gasteiger partial charge on any atom is 0.323 e. The highest BCUT2D eigenvalue weighted by Gasteiger charge is 2.21. The Balaban J connectivity index is 2.40. The van der Waals surface area contributed by atoms with Gasteiger partial charge in [0.1, 0.15) is 12.4 Å². The van der Waals surface area contributed by atoms with Crippen LogP contribution in [0, 0.1) is 5.82 Å². The van der Waals surface area contributed by atoms with Crippen LogP contribution < -0.4 is 4.90 Å². The number of carboxylic acids is 1. The minimum absolute atomic E-state index is 0.126. The highest BCUT2D eigenvalue weighted by molar-refractivity contribution is 5.74. The van der Waals surface area contributed by atoms with Crippen molar-refractivity contribution in [3.8, 4) is 0 Å². The van der Waals surface area contributed by atoms with Crippen molar-refractivity contribution in [2.45, 2.75) is 19.4 Å². The summed E-state index contributed by atoms with van der Waals surface area (Å²) >= 11 is 0. The van der Waals surface area contributed by atoms with Crippen molar-refractivity contribution in [1.82, 2.24) is 0 Å². The summed E-state index contributed by atoms with van der Waals surface area (Å²) in [6.45, 7) is 1.84. The minimum Gasteiger partial charge on any atom is -0.480 e. The lowest BCUT2D eigenvalue weighted by atomic mass is 10.0. The Labute approximate surface area is 123 Å². The second-order valence-corrected chi connectivity index (χ2v) is 4.84. The zero-order chi connectivity index (χ0) is 15.2. The van der Waals surface area contributed by atoms with Gasteiger partial charge in [-0.05, 0) is 36.2 Å². The number of benzene rings is 2. The van der Waals surface area contributed by atoms with E-state index in [1.165, 1.54) is 12.1 Å². The summed E-state index contributed by atoms with van der Waals surface area (Å²) in [5.41, 5.74) is 1.60. The van der Waals surface area contributed by atoms with Crippen molar-refractivity contribution in [3.05, 3.63) is 66.0 Å². The number of anilines is 1. The van der Waals surface area contributed by atoms with E-state index >= 15 is 0 Å². The molecule has 3 nitrogen and oxygen atoms in total. The van der Waals surface area contributed by atoms with Crippen LogP contribution in [0.25, 0.3) is 0 Å². The van der Waals surface area contributed by atoms with Gasteiger partial charge in [0.25, 0.3) is 0 Å². The average molecular weight is 287 g/mol. The average Bonchev–Trinajstić information content (AvgIpc) is 2.48. The second kappa shape index (κ2) is 6.88. The molecule has 2 aromatic carbocycles. The molecule has 21 heavy (non-hydrogen) atoms. The van der Waals surface area contributed by atoms with Crippen LogP contribution in [-0.4, -0.2) is 17.6 Å². The van der Waals surface area contributed by atoms with Crippen molar-refractivity contribution in [2.75, 3.05) is 11.4 Å². The Morgan fingerprint density at radius 3 is 2.48 bits per heavy atom. The smallest absolute Gasteiger partial charge is 0.323 e. The molecular formula is C17H18FNO2. The van der Waals surface area contributed by atoms with Gasteiger partial charge in [0.05, 0.1) is 6.04 Å². The quantitative estimate of drug-likeness (QED) is 0.876. The number of hydrogen-bond acceptors (Lipinski definition) is 2. The molecule has 0 aliphatic rings. The summed E-state index contributed by atoms with van der Waals surface area (Å²) in [6, 6.07) is 15.5. The molecule has 1 atom stereocenters. The minimum atomic E-state index is -0.909. The summed E-state index contributed by atoms with van der Waals surface area (Å²) in [7, 11) is 0. The van der Waals surface area contributed by atoms with Crippen LogP contribution in [0.3, 0.4) is 0 Å². The van der Waals surface area contributed by atoms with Crippen molar-refractivity contribution in [3.63, 3.8) is 0 Å². The lowest BCUT2D eigenvalue weighted by molar-refractivity contribution is -0.135. The first-order valence-electron chi connectivity index (χ1n) is 6.90. The fraction of sp³-hybridized carbons (Fsp3) is 0.235. The third-order valence-electron chi connectivity index (χ3n) is 3.39. The van der Waals surface area contributed by atoms with Gasteiger partial charge in [-0.3, -0.25) is 4.79 Å². The monoisotopic (exact) mass is 287 g/mol. The van der Waals surface area contributed by atoms with Gasteiger partial charge in [-0.1, -0.05) is 37.3 Å². The van der Waals surface area contributed by atoms with E-state index < -0.39 is 5.97 Å². The first kappa shape index (κ1) is 15.0. The summed E-state index contributed by atoms with van der Waals surface area (Å²) in [5, 5.41) is 9.18. The van der Waals surface area contributed by atoms with Crippen LogP contribution in [-0.2, 0) is 4.79 Å². The van der Waals surface area contributed by atoms with E-state index in [1.807, 2.05) is 43.3 Å². The lowest BCUT2D eigenvalue weighted by Crippen LogP contribution is -2.33. The number of aliphatic carboxylic acids is 1. The van der Waals surface area contributed by atoms with E-state index in [4.69, 9.17) is 0 Å². The topological polar surface area (TPSA) is 40.5 Å². The molecule has 0 aromatic heterocycles. The molecule has 0 spiro atoms. The van der Waals surface area contributed by atoms with E-state index in [-0.39, 0.29) is 18.4 Å². The lowest BCUT2D eigenvalue weighted by Gasteiger charge is -2.32. The standard InChI is InChI=1S/C17H18FNO2/c1-2-16(13-7-6-8-14(18)11-13)19(12-17(20)21)15-9-4-3-5-10-15/h3-11,16H,2,12H2,1H3,(H,20,21). The van der Waals surface area contributed by atoms with Crippen molar-refractivity contribution in [1.29, 1.82) is 0 Å². The van der Waals surface area contributed by atoms with E-state index in [2.05, 4.69) is 0 Å². The fourth-order valence-electron chi connectivity index (χ4n) is 2.50. The number of rotatable bonds is 6. The molecule has 110 valence electrons. The van der Waals surface area contributed by atoms with Crippen LogP contribution in [0.4, 0.5) is 10.1 Å². The molecule has 0 amide bonds. The fourth-order valence-corrected chi connectivity index (χ4v) is 2.50. The molecule has 2 aromatic rings. The van der Waals surface area contributed by atoms with Crippen molar-refractivity contribution < 1.29 is 14.3 Å². The van der Waals surface area contributed by atoms with Crippen LogP contribution in [0.2, 0.25) is 0 Å². The van der Waals surface area contributed by atoms with Gasteiger partial charge >= 0.3 is 5.97 Å². The Bertz CT molecular complexity index is 601. The predicted molar refractivity (Wildman–Crippen MR) is 80.9 cm³/mol. The van der Waals surface area contributed by atoms with Gasteiger partial charge in [-0.15, -0.1) is 0 Å². The molecule has 2 rings (SSSR count). The van der Waals surface area contributed by atoms with E-state index in [1.54, 1.807) is 11.0 Å². The molecule has 1 unspecified atom stereocenters. The molecular weight excluding hydrogens is 269 g/mol. The number of carbonyl (C=O) groups is 1. The SMILES string of the molecule is CCC(c1cccc(F)c1)N(CC(=O)O)c1ccccc1. The first-order valence-corrected chi connectivity index (χ1v) is 6.90. The number of para-hydroxylation sites is 1. The van der Waals surface area contributed by atoms with Crippen LogP contribution in [0.5, 0.6) is 0 Å². The molecule has 0 saturated heterocycles. The molecule has 0 fully saturated rings. The Morgan fingerprint density at radius 2 is 1.90 bits per heavy atom. The molecule has 0 saturated carbocycles. The number of hydrogen-bond donors (Lipinski definition) is 1. The number of halogens is 1. The van der Waals surface area contributed by atoms with Gasteiger partial charge in [0.2, 0.25) is 0 Å². The molecule has 0 radical (unpaired) electrons. The number of carboxylic acid groups (broad SMARTS) is 1. The normalized spacial score (nSPS) is 11.9. The van der Waals surface area contributed by atoms with Crippen molar-refractivity contribution >= 4 is 11.7 Å². The highest BCUT2D eigenvalue weighted by Crippen LogP contribution is 2.29. The molecule has 0 heterocycles. The van der Waals surface area contributed by atoms with Crippen LogP contribution >= 0.6 is 0 Å². The van der Waals surface area contributed by atoms with Gasteiger partial charge in [0.15, 0.2) is 0 Å². The van der Waals surface area contributed by atoms with Gasteiger partial charge in [0, 0.05) is 5.69 Å². The summed E-state index contributed by atoms with van der Waals surface area (Å²) in [6.07, 6.45) is 0.686. The largest absolute Gasteiger partial charge is 0.480 e. The molecule has 1 N–H and O–H groups in total. The molecule has 0 aliphatic carbocycles.